The van der Waals surface area contributed by atoms with Gasteiger partial charge in [0.1, 0.15) is 23.3 Å². The molecule has 0 saturated carbocycles. The predicted octanol–water partition coefficient (Wildman–Crippen LogP) is 4.35. The van der Waals surface area contributed by atoms with Crippen LogP contribution in [0.5, 0.6) is 11.5 Å². The smallest absolute Gasteiger partial charge is 0.176 e. The fourth-order valence-corrected chi connectivity index (χ4v) is 2.72. The zero-order chi connectivity index (χ0) is 16.8. The summed E-state index contributed by atoms with van der Waals surface area (Å²) >= 11 is 2.57. The summed E-state index contributed by atoms with van der Waals surface area (Å²) in [6.07, 6.45) is 3.57. The Balaban J connectivity index is 2.29. The topological polar surface area (TPSA) is 79.4 Å². The van der Waals surface area contributed by atoms with Crippen LogP contribution in [0.15, 0.2) is 47.4 Å². The summed E-state index contributed by atoms with van der Waals surface area (Å²) in [6.45, 7) is 0. The van der Waals surface area contributed by atoms with Gasteiger partial charge in [-0.2, -0.15) is 5.26 Å². The van der Waals surface area contributed by atoms with Gasteiger partial charge in [0.15, 0.2) is 5.03 Å². The summed E-state index contributed by atoms with van der Waals surface area (Å²) in [5.74, 6) is 0.959. The van der Waals surface area contributed by atoms with Gasteiger partial charge in [0.05, 0.1) is 5.56 Å². The van der Waals surface area contributed by atoms with Crippen LogP contribution in [0.1, 0.15) is 5.56 Å². The number of hydrazine groups is 1. The van der Waals surface area contributed by atoms with Crippen LogP contribution in [-0.4, -0.2) is 17.5 Å². The van der Waals surface area contributed by atoms with Gasteiger partial charge < -0.3 is 4.74 Å². The fourth-order valence-electron chi connectivity index (χ4n) is 1.85. The number of hydrogen-bond acceptors (Lipinski definition) is 6. The number of anilines is 1. The van der Waals surface area contributed by atoms with E-state index in [0.29, 0.717) is 17.2 Å². The molecule has 8 heteroatoms. The van der Waals surface area contributed by atoms with E-state index < -0.39 is 5.03 Å². The molecule has 0 amide bonds. The molecule has 0 N–H and O–H groups in total. The molecule has 6 nitrogen and oxygen atoms in total. The number of thioether (sulfide) groups is 1. The molecule has 2 aromatic carbocycles. The normalized spacial score (nSPS) is 9.96. The van der Waals surface area contributed by atoms with E-state index in [1.807, 2.05) is 36.6 Å². The summed E-state index contributed by atoms with van der Waals surface area (Å²) < 4.78 is 6.59. The van der Waals surface area contributed by atoms with Crippen molar-refractivity contribution in [3.8, 4) is 17.6 Å². The Hall–Kier alpha value is -2.37. The van der Waals surface area contributed by atoms with Crippen molar-refractivity contribution < 1.29 is 9.77 Å². The number of nitro groups is 1. The first-order chi connectivity index (χ1) is 11.1. The molecule has 0 atom stereocenters. The molecule has 0 heterocycles. The third-order valence-electron chi connectivity index (χ3n) is 2.91. The standard InChI is InChI=1S/C15H13N3O3S2/c1-22-14-6-4-13(5-7-14)21-15-8-3-12(9-11(15)10-16)17(23-2)18(19)20/h3-9H,1-2H3. The summed E-state index contributed by atoms with van der Waals surface area (Å²) in [6, 6.07) is 14.0. The van der Waals surface area contributed by atoms with Crippen LogP contribution in [0.25, 0.3) is 0 Å². The van der Waals surface area contributed by atoms with Crippen molar-refractivity contribution in [3.05, 3.63) is 58.1 Å². The largest absolute Gasteiger partial charge is 0.456 e. The Morgan fingerprint density at radius 1 is 1.22 bits per heavy atom. The van der Waals surface area contributed by atoms with Gasteiger partial charge >= 0.3 is 0 Å². The third-order valence-corrected chi connectivity index (χ3v) is 4.35. The lowest BCUT2D eigenvalue weighted by Crippen LogP contribution is -2.21. The van der Waals surface area contributed by atoms with E-state index in [4.69, 9.17) is 4.74 Å². The van der Waals surface area contributed by atoms with Crippen LogP contribution in [0.4, 0.5) is 5.69 Å². The molecule has 0 aliphatic heterocycles. The monoisotopic (exact) mass is 347 g/mol. The second kappa shape index (κ2) is 7.76. The highest BCUT2D eigenvalue weighted by molar-refractivity contribution is 7.99. The Morgan fingerprint density at radius 3 is 2.43 bits per heavy atom. The van der Waals surface area contributed by atoms with E-state index in [2.05, 4.69) is 0 Å². The molecule has 0 aliphatic rings. The maximum absolute atomic E-state index is 11.0. The van der Waals surface area contributed by atoms with Crippen molar-refractivity contribution in [3.63, 3.8) is 0 Å². The quantitative estimate of drug-likeness (QED) is 0.333. The van der Waals surface area contributed by atoms with Gasteiger partial charge in [-0.1, -0.05) is 0 Å². The summed E-state index contributed by atoms with van der Waals surface area (Å²) in [5, 5.41) is 19.7. The average Bonchev–Trinajstić information content (AvgIpc) is 2.57. The Kier molecular flexibility index (Phi) is 5.73. The lowest BCUT2D eigenvalue weighted by molar-refractivity contribution is -0.472. The van der Waals surface area contributed by atoms with Gasteiger partial charge in [-0.3, -0.25) is 0 Å². The van der Waals surface area contributed by atoms with Crippen LogP contribution in [0.3, 0.4) is 0 Å². The zero-order valence-corrected chi connectivity index (χ0v) is 14.1. The van der Waals surface area contributed by atoms with Crippen molar-refractivity contribution >= 4 is 29.4 Å². The lowest BCUT2D eigenvalue weighted by atomic mass is 10.2. The van der Waals surface area contributed by atoms with Gasteiger partial charge in [0.2, 0.25) is 0 Å². The maximum atomic E-state index is 11.0. The summed E-state index contributed by atoms with van der Waals surface area (Å²) in [4.78, 5) is 12.1. The molecule has 0 aromatic heterocycles. The molecule has 0 aliphatic carbocycles. The minimum atomic E-state index is -0.539. The first-order valence-electron chi connectivity index (χ1n) is 6.43. The second-order valence-corrected chi connectivity index (χ2v) is 5.85. The molecule has 0 unspecified atom stereocenters. The first kappa shape index (κ1) is 17.0. The Bertz CT molecular complexity index is 745. The van der Waals surface area contributed by atoms with Gasteiger partial charge in [0, 0.05) is 23.1 Å². The predicted molar refractivity (Wildman–Crippen MR) is 92.4 cm³/mol. The Morgan fingerprint density at radius 2 is 1.91 bits per heavy atom. The van der Waals surface area contributed by atoms with Crippen LogP contribution >= 0.6 is 23.7 Å². The molecule has 0 saturated heterocycles. The van der Waals surface area contributed by atoms with Crippen molar-refractivity contribution in [2.24, 2.45) is 0 Å². The van der Waals surface area contributed by atoms with Crippen LogP contribution in [-0.2, 0) is 0 Å². The first-order valence-corrected chi connectivity index (χ1v) is 8.84. The summed E-state index contributed by atoms with van der Waals surface area (Å²) in [5.41, 5.74) is 0.543. The molecule has 2 rings (SSSR count). The third kappa shape index (κ3) is 4.09. The van der Waals surface area contributed by atoms with Gasteiger partial charge in [-0.05, 0) is 53.1 Å². The molecular formula is C15H13N3O3S2. The van der Waals surface area contributed by atoms with E-state index >= 15 is 0 Å². The Labute approximate surface area is 142 Å². The lowest BCUT2D eigenvalue weighted by Gasteiger charge is -2.12. The van der Waals surface area contributed by atoms with E-state index in [9.17, 15) is 15.4 Å². The van der Waals surface area contributed by atoms with Crippen LogP contribution in [0, 0.1) is 21.4 Å². The van der Waals surface area contributed by atoms with Crippen molar-refractivity contribution in [1.82, 2.24) is 0 Å². The van der Waals surface area contributed by atoms with E-state index in [1.54, 1.807) is 30.2 Å². The molecule has 2 aromatic rings. The highest BCUT2D eigenvalue weighted by atomic mass is 32.2. The molecule has 23 heavy (non-hydrogen) atoms. The van der Waals surface area contributed by atoms with Crippen molar-refractivity contribution in [1.29, 1.82) is 5.26 Å². The average molecular weight is 347 g/mol. The SMILES string of the molecule is CSc1ccc(Oc2ccc(N(SC)[N+](=O)[O-])cc2C#N)cc1. The molecule has 0 spiro atoms. The number of ether oxygens (including phenoxy) is 1. The molecule has 118 valence electrons. The number of hydrogen-bond donors (Lipinski definition) is 0. The number of benzene rings is 2. The van der Waals surface area contributed by atoms with Crippen molar-refractivity contribution in [2.75, 3.05) is 16.9 Å². The summed E-state index contributed by atoms with van der Waals surface area (Å²) in [7, 11) is 0. The maximum Gasteiger partial charge on any atom is 0.176 e. The second-order valence-electron chi connectivity index (χ2n) is 4.26. The number of nitrogens with zero attached hydrogens (tertiary/aromatic N) is 3. The highest BCUT2D eigenvalue weighted by Crippen LogP contribution is 2.31. The fraction of sp³-hybridized carbons (Fsp3) is 0.133. The van der Waals surface area contributed by atoms with Gasteiger partial charge in [0.25, 0.3) is 0 Å². The van der Waals surface area contributed by atoms with E-state index in [-0.39, 0.29) is 5.56 Å². The van der Waals surface area contributed by atoms with Gasteiger partial charge in [-0.15, -0.1) is 11.8 Å². The molecular weight excluding hydrogens is 334 g/mol. The number of nitriles is 1. The molecule has 0 radical (unpaired) electrons. The minimum Gasteiger partial charge on any atom is -0.456 e. The van der Waals surface area contributed by atoms with Crippen molar-refractivity contribution in [2.45, 2.75) is 4.90 Å². The van der Waals surface area contributed by atoms with Gasteiger partial charge in [-0.25, -0.2) is 10.1 Å². The highest BCUT2D eigenvalue weighted by Gasteiger charge is 2.18. The van der Waals surface area contributed by atoms with E-state index in [0.717, 1.165) is 21.3 Å². The molecule has 0 bridgehead atoms. The number of rotatable bonds is 6. The minimum absolute atomic E-state index is 0.234. The zero-order valence-electron chi connectivity index (χ0n) is 12.4. The van der Waals surface area contributed by atoms with Crippen LogP contribution < -0.4 is 9.15 Å². The van der Waals surface area contributed by atoms with Crippen LogP contribution in [0.2, 0.25) is 0 Å². The molecule has 0 fully saturated rings. The van der Waals surface area contributed by atoms with E-state index in [1.165, 1.54) is 6.07 Å².